The summed E-state index contributed by atoms with van der Waals surface area (Å²) in [6.45, 7) is 4.20. The van der Waals surface area contributed by atoms with Crippen molar-refractivity contribution in [3.63, 3.8) is 0 Å². The van der Waals surface area contributed by atoms with Gasteiger partial charge in [-0.1, -0.05) is 30.3 Å². The number of benzene rings is 1. The van der Waals surface area contributed by atoms with Crippen molar-refractivity contribution >= 4 is 5.69 Å². The summed E-state index contributed by atoms with van der Waals surface area (Å²) < 4.78 is 0. The Hall–Kier alpha value is -1.83. The lowest BCUT2D eigenvalue weighted by Crippen LogP contribution is -2.06. The van der Waals surface area contributed by atoms with Gasteiger partial charge < -0.3 is 5.32 Å². The highest BCUT2D eigenvalue weighted by Crippen LogP contribution is 2.18. The standard InChI is InChI=1S/C14H16N2/c1-11-8-14(10-15-9-11)16-12(2)13-6-4-3-5-7-13/h3-10,12,16H,1-2H3. The van der Waals surface area contributed by atoms with Gasteiger partial charge in [0.2, 0.25) is 0 Å². The van der Waals surface area contributed by atoms with Crippen LogP contribution in [0.2, 0.25) is 0 Å². The molecule has 2 aromatic rings. The van der Waals surface area contributed by atoms with Crippen LogP contribution in [0.5, 0.6) is 0 Å². The average molecular weight is 212 g/mol. The number of rotatable bonds is 3. The van der Waals surface area contributed by atoms with Crippen LogP contribution in [0.15, 0.2) is 48.8 Å². The summed E-state index contributed by atoms with van der Waals surface area (Å²) in [5.74, 6) is 0. The monoisotopic (exact) mass is 212 g/mol. The molecule has 0 amide bonds. The minimum absolute atomic E-state index is 0.296. The molecule has 1 aromatic heterocycles. The van der Waals surface area contributed by atoms with E-state index in [1.54, 1.807) is 0 Å². The number of aryl methyl sites for hydroxylation is 1. The number of aromatic nitrogens is 1. The summed E-state index contributed by atoms with van der Waals surface area (Å²) in [6.07, 6.45) is 3.71. The average Bonchev–Trinajstić information content (AvgIpc) is 2.30. The maximum absolute atomic E-state index is 4.17. The highest BCUT2D eigenvalue weighted by Gasteiger charge is 2.04. The first kappa shape index (κ1) is 10.7. The van der Waals surface area contributed by atoms with E-state index >= 15 is 0 Å². The Morgan fingerprint density at radius 1 is 1.12 bits per heavy atom. The third kappa shape index (κ3) is 2.60. The predicted molar refractivity (Wildman–Crippen MR) is 67.5 cm³/mol. The SMILES string of the molecule is Cc1cncc(NC(C)c2ccccc2)c1. The molecule has 1 unspecified atom stereocenters. The van der Waals surface area contributed by atoms with Crippen molar-refractivity contribution in [3.05, 3.63) is 59.9 Å². The predicted octanol–water partition coefficient (Wildman–Crippen LogP) is 3.56. The summed E-state index contributed by atoms with van der Waals surface area (Å²) in [6, 6.07) is 12.8. The first-order chi connectivity index (χ1) is 7.75. The van der Waals surface area contributed by atoms with E-state index in [1.807, 2.05) is 25.4 Å². The quantitative estimate of drug-likeness (QED) is 0.841. The molecule has 0 radical (unpaired) electrons. The summed E-state index contributed by atoms with van der Waals surface area (Å²) in [5.41, 5.74) is 3.52. The Labute approximate surface area is 96.4 Å². The van der Waals surface area contributed by atoms with Crippen molar-refractivity contribution < 1.29 is 0 Å². The van der Waals surface area contributed by atoms with Gasteiger partial charge in [0.1, 0.15) is 0 Å². The van der Waals surface area contributed by atoms with E-state index < -0.39 is 0 Å². The van der Waals surface area contributed by atoms with Crippen LogP contribution in [0.3, 0.4) is 0 Å². The molecule has 2 rings (SSSR count). The molecule has 16 heavy (non-hydrogen) atoms. The van der Waals surface area contributed by atoms with E-state index in [9.17, 15) is 0 Å². The summed E-state index contributed by atoms with van der Waals surface area (Å²) >= 11 is 0. The second-order valence-corrected chi connectivity index (χ2v) is 4.03. The molecule has 0 bridgehead atoms. The van der Waals surface area contributed by atoms with E-state index in [1.165, 1.54) is 11.1 Å². The van der Waals surface area contributed by atoms with Crippen LogP contribution in [0, 0.1) is 6.92 Å². The number of hydrogen-bond donors (Lipinski definition) is 1. The van der Waals surface area contributed by atoms with Crippen molar-refractivity contribution in [1.82, 2.24) is 4.98 Å². The van der Waals surface area contributed by atoms with Crippen LogP contribution < -0.4 is 5.32 Å². The smallest absolute Gasteiger partial charge is 0.0534 e. The van der Waals surface area contributed by atoms with Crippen molar-refractivity contribution in [3.8, 4) is 0 Å². The molecule has 1 aromatic carbocycles. The van der Waals surface area contributed by atoms with Crippen molar-refractivity contribution in [2.24, 2.45) is 0 Å². The van der Waals surface area contributed by atoms with Gasteiger partial charge in [0.15, 0.2) is 0 Å². The summed E-state index contributed by atoms with van der Waals surface area (Å²) in [4.78, 5) is 4.17. The molecule has 0 saturated heterocycles. The van der Waals surface area contributed by atoms with Gasteiger partial charge in [0.25, 0.3) is 0 Å². The molecule has 2 nitrogen and oxygen atoms in total. The van der Waals surface area contributed by atoms with Gasteiger partial charge in [-0.2, -0.15) is 0 Å². The number of anilines is 1. The van der Waals surface area contributed by atoms with E-state index in [4.69, 9.17) is 0 Å². The lowest BCUT2D eigenvalue weighted by atomic mass is 10.1. The van der Waals surface area contributed by atoms with Crippen LogP contribution in [0.1, 0.15) is 24.1 Å². The summed E-state index contributed by atoms with van der Waals surface area (Å²) in [5, 5.41) is 3.44. The third-order valence-electron chi connectivity index (χ3n) is 2.56. The van der Waals surface area contributed by atoms with Crippen molar-refractivity contribution in [2.75, 3.05) is 5.32 Å². The Morgan fingerprint density at radius 2 is 1.88 bits per heavy atom. The second-order valence-electron chi connectivity index (χ2n) is 4.03. The first-order valence-electron chi connectivity index (χ1n) is 5.49. The van der Waals surface area contributed by atoms with Gasteiger partial charge in [-0.05, 0) is 31.0 Å². The van der Waals surface area contributed by atoms with Gasteiger partial charge in [-0.25, -0.2) is 0 Å². The van der Waals surface area contributed by atoms with Gasteiger partial charge in [-0.3, -0.25) is 4.98 Å². The van der Waals surface area contributed by atoms with Gasteiger partial charge in [0, 0.05) is 18.4 Å². The van der Waals surface area contributed by atoms with Crippen molar-refractivity contribution in [1.29, 1.82) is 0 Å². The zero-order valence-corrected chi connectivity index (χ0v) is 9.64. The molecule has 0 aliphatic carbocycles. The molecule has 1 atom stereocenters. The van der Waals surface area contributed by atoms with Crippen LogP contribution in [-0.4, -0.2) is 4.98 Å². The fourth-order valence-corrected chi connectivity index (χ4v) is 1.71. The Bertz CT molecular complexity index is 451. The fourth-order valence-electron chi connectivity index (χ4n) is 1.71. The zero-order valence-electron chi connectivity index (χ0n) is 9.64. The number of hydrogen-bond acceptors (Lipinski definition) is 2. The normalized spacial score (nSPS) is 12.1. The Morgan fingerprint density at radius 3 is 2.56 bits per heavy atom. The van der Waals surface area contributed by atoms with Gasteiger partial charge in [0.05, 0.1) is 5.69 Å². The number of nitrogens with zero attached hydrogens (tertiary/aromatic N) is 1. The molecule has 0 saturated carbocycles. The molecule has 82 valence electrons. The minimum atomic E-state index is 0.296. The molecule has 1 heterocycles. The Balaban J connectivity index is 2.11. The lowest BCUT2D eigenvalue weighted by molar-refractivity contribution is 0.882. The molecular weight excluding hydrogens is 196 g/mol. The highest BCUT2D eigenvalue weighted by molar-refractivity contribution is 5.44. The second kappa shape index (κ2) is 4.79. The molecule has 2 heteroatoms. The lowest BCUT2D eigenvalue weighted by Gasteiger charge is -2.15. The Kier molecular flexibility index (Phi) is 3.20. The van der Waals surface area contributed by atoms with Crippen LogP contribution in [0.25, 0.3) is 0 Å². The molecule has 0 aliphatic rings. The topological polar surface area (TPSA) is 24.9 Å². The van der Waals surface area contributed by atoms with E-state index in [-0.39, 0.29) is 0 Å². The van der Waals surface area contributed by atoms with Crippen molar-refractivity contribution in [2.45, 2.75) is 19.9 Å². The third-order valence-corrected chi connectivity index (χ3v) is 2.56. The van der Waals surface area contributed by atoms with Crippen LogP contribution in [-0.2, 0) is 0 Å². The van der Waals surface area contributed by atoms with Gasteiger partial charge in [-0.15, -0.1) is 0 Å². The zero-order chi connectivity index (χ0) is 11.4. The molecular formula is C14H16N2. The minimum Gasteiger partial charge on any atom is -0.377 e. The summed E-state index contributed by atoms with van der Waals surface area (Å²) in [7, 11) is 0. The number of pyridine rings is 1. The van der Waals surface area contributed by atoms with Gasteiger partial charge >= 0.3 is 0 Å². The maximum atomic E-state index is 4.17. The van der Waals surface area contributed by atoms with E-state index in [2.05, 4.69) is 47.6 Å². The fraction of sp³-hybridized carbons (Fsp3) is 0.214. The van der Waals surface area contributed by atoms with Crippen LogP contribution in [0.4, 0.5) is 5.69 Å². The number of nitrogens with one attached hydrogen (secondary N) is 1. The highest BCUT2D eigenvalue weighted by atomic mass is 14.9. The molecule has 0 aliphatic heterocycles. The van der Waals surface area contributed by atoms with E-state index in [0.29, 0.717) is 6.04 Å². The van der Waals surface area contributed by atoms with Crippen LogP contribution >= 0.6 is 0 Å². The molecule has 1 N–H and O–H groups in total. The molecule has 0 spiro atoms. The van der Waals surface area contributed by atoms with E-state index in [0.717, 1.165) is 5.69 Å². The molecule has 0 fully saturated rings. The maximum Gasteiger partial charge on any atom is 0.0534 e. The largest absolute Gasteiger partial charge is 0.377 e. The first-order valence-corrected chi connectivity index (χ1v) is 5.49.